The molecule has 3 nitrogen and oxygen atoms in total. The lowest BCUT2D eigenvalue weighted by Crippen LogP contribution is -2.37. The molecule has 1 saturated carbocycles. The van der Waals surface area contributed by atoms with E-state index in [2.05, 4.69) is 0 Å². The van der Waals surface area contributed by atoms with Crippen molar-refractivity contribution in [3.05, 3.63) is 42.0 Å². The van der Waals surface area contributed by atoms with E-state index < -0.39 is 11.4 Å². The molecule has 20 heavy (non-hydrogen) atoms. The van der Waals surface area contributed by atoms with Gasteiger partial charge in [-0.1, -0.05) is 43.5 Å². The summed E-state index contributed by atoms with van der Waals surface area (Å²) in [6.45, 7) is 0. The van der Waals surface area contributed by atoms with Crippen LogP contribution < -0.4 is 0 Å². The Morgan fingerprint density at radius 3 is 2.20 bits per heavy atom. The fraction of sp³-hybridized carbons (Fsp3) is 0.353. The maximum Gasteiger partial charge on any atom is 0.314 e. The number of carboxylic acids is 1. The number of phenolic OH excluding ortho intramolecular Hbond substituents is 1. The van der Waals surface area contributed by atoms with Gasteiger partial charge in [0.25, 0.3) is 0 Å². The van der Waals surface area contributed by atoms with E-state index in [0.29, 0.717) is 18.4 Å². The van der Waals surface area contributed by atoms with E-state index >= 15 is 0 Å². The van der Waals surface area contributed by atoms with Gasteiger partial charge in [0.15, 0.2) is 0 Å². The van der Waals surface area contributed by atoms with E-state index in [4.69, 9.17) is 0 Å². The fourth-order valence-electron chi connectivity index (χ4n) is 3.37. The third-order valence-corrected chi connectivity index (χ3v) is 4.50. The van der Waals surface area contributed by atoms with E-state index in [1.165, 1.54) is 0 Å². The van der Waals surface area contributed by atoms with E-state index in [-0.39, 0.29) is 5.75 Å². The van der Waals surface area contributed by atoms with Crippen molar-refractivity contribution in [3.8, 4) is 5.75 Å². The molecule has 2 aromatic rings. The third-order valence-electron chi connectivity index (χ3n) is 4.50. The second-order valence-electron chi connectivity index (χ2n) is 5.66. The van der Waals surface area contributed by atoms with Crippen molar-refractivity contribution < 1.29 is 15.0 Å². The molecule has 0 spiro atoms. The standard InChI is InChI=1S/C17H18O3/c18-15-11-13-7-3-2-6-12(13)10-14(15)17(16(19)20)8-4-1-5-9-17/h2-3,6-7,10-11,18H,1,4-5,8-9H2,(H,19,20). The molecule has 0 aromatic heterocycles. The van der Waals surface area contributed by atoms with Crippen LogP contribution in [0.15, 0.2) is 36.4 Å². The third kappa shape index (κ3) is 1.94. The SMILES string of the molecule is O=C(O)C1(c2cc3ccccc3cc2O)CCCCC1. The highest BCUT2D eigenvalue weighted by molar-refractivity contribution is 5.89. The number of fused-ring (bicyclic) bond motifs is 1. The molecule has 1 fully saturated rings. The fourth-order valence-corrected chi connectivity index (χ4v) is 3.37. The number of carboxylic acid groups (broad SMARTS) is 1. The van der Waals surface area contributed by atoms with Crippen LogP contribution in [0, 0.1) is 0 Å². The van der Waals surface area contributed by atoms with Crippen molar-refractivity contribution in [2.24, 2.45) is 0 Å². The summed E-state index contributed by atoms with van der Waals surface area (Å²) in [7, 11) is 0. The van der Waals surface area contributed by atoms with Gasteiger partial charge in [-0.25, -0.2) is 0 Å². The molecule has 0 heterocycles. The van der Waals surface area contributed by atoms with Crippen LogP contribution in [0.4, 0.5) is 0 Å². The molecular weight excluding hydrogens is 252 g/mol. The largest absolute Gasteiger partial charge is 0.508 e. The minimum atomic E-state index is -0.924. The van der Waals surface area contributed by atoms with Crippen LogP contribution in [0.25, 0.3) is 10.8 Å². The van der Waals surface area contributed by atoms with E-state index in [0.717, 1.165) is 30.0 Å². The number of aliphatic carboxylic acids is 1. The zero-order valence-electron chi connectivity index (χ0n) is 11.3. The van der Waals surface area contributed by atoms with Gasteiger partial charge in [-0.15, -0.1) is 0 Å². The van der Waals surface area contributed by atoms with Crippen LogP contribution in [-0.4, -0.2) is 16.2 Å². The van der Waals surface area contributed by atoms with Crippen LogP contribution in [0.1, 0.15) is 37.7 Å². The molecule has 0 bridgehead atoms. The highest BCUT2D eigenvalue weighted by Gasteiger charge is 2.43. The molecule has 2 N–H and O–H groups in total. The first-order valence-corrected chi connectivity index (χ1v) is 7.09. The van der Waals surface area contributed by atoms with Gasteiger partial charge in [-0.05, 0) is 35.7 Å². The molecule has 0 saturated heterocycles. The second-order valence-corrected chi connectivity index (χ2v) is 5.66. The quantitative estimate of drug-likeness (QED) is 0.871. The Bertz CT molecular complexity index is 654. The van der Waals surface area contributed by atoms with Gasteiger partial charge in [-0.2, -0.15) is 0 Å². The summed E-state index contributed by atoms with van der Waals surface area (Å²) in [5.41, 5.74) is -0.352. The van der Waals surface area contributed by atoms with Crippen LogP contribution >= 0.6 is 0 Å². The van der Waals surface area contributed by atoms with Gasteiger partial charge < -0.3 is 10.2 Å². The number of hydrogen-bond acceptors (Lipinski definition) is 2. The molecule has 1 aliphatic carbocycles. The zero-order valence-corrected chi connectivity index (χ0v) is 11.3. The number of aromatic hydroxyl groups is 1. The van der Waals surface area contributed by atoms with Crippen LogP contribution in [-0.2, 0) is 10.2 Å². The predicted octanol–water partition coefficient (Wildman–Crippen LogP) is 3.83. The first kappa shape index (κ1) is 13.0. The Labute approximate surface area is 117 Å². The monoisotopic (exact) mass is 270 g/mol. The summed E-state index contributed by atoms with van der Waals surface area (Å²) < 4.78 is 0. The molecule has 0 aliphatic heterocycles. The first-order chi connectivity index (χ1) is 9.63. The van der Waals surface area contributed by atoms with Gasteiger partial charge in [0.05, 0.1) is 5.41 Å². The van der Waals surface area contributed by atoms with Crippen molar-refractivity contribution in [1.82, 2.24) is 0 Å². The summed E-state index contributed by atoms with van der Waals surface area (Å²) in [5, 5.41) is 22.0. The maximum atomic E-state index is 11.9. The smallest absolute Gasteiger partial charge is 0.314 e. The minimum absolute atomic E-state index is 0.105. The zero-order chi connectivity index (χ0) is 14.2. The molecule has 104 valence electrons. The lowest BCUT2D eigenvalue weighted by Gasteiger charge is -2.34. The summed E-state index contributed by atoms with van der Waals surface area (Å²) in [4.78, 5) is 11.9. The Morgan fingerprint density at radius 2 is 1.60 bits per heavy atom. The Balaban J connectivity index is 2.20. The van der Waals surface area contributed by atoms with Crippen molar-refractivity contribution in [2.75, 3.05) is 0 Å². The highest BCUT2D eigenvalue weighted by atomic mass is 16.4. The number of benzene rings is 2. The average Bonchev–Trinajstić information content (AvgIpc) is 2.47. The molecule has 0 amide bonds. The molecule has 3 rings (SSSR count). The van der Waals surface area contributed by atoms with Crippen molar-refractivity contribution in [1.29, 1.82) is 0 Å². The van der Waals surface area contributed by atoms with Gasteiger partial charge in [0.2, 0.25) is 0 Å². The maximum absolute atomic E-state index is 11.9. The van der Waals surface area contributed by atoms with Crippen molar-refractivity contribution >= 4 is 16.7 Å². The van der Waals surface area contributed by atoms with Crippen molar-refractivity contribution in [3.63, 3.8) is 0 Å². The first-order valence-electron chi connectivity index (χ1n) is 7.09. The number of phenols is 1. The second kappa shape index (κ2) is 4.82. The molecule has 0 unspecified atom stereocenters. The number of hydrogen-bond donors (Lipinski definition) is 2. The number of rotatable bonds is 2. The lowest BCUT2D eigenvalue weighted by atomic mass is 9.69. The Hall–Kier alpha value is -2.03. The van der Waals surface area contributed by atoms with E-state index in [1.807, 2.05) is 30.3 Å². The van der Waals surface area contributed by atoms with Gasteiger partial charge in [0, 0.05) is 5.56 Å². The van der Waals surface area contributed by atoms with Crippen molar-refractivity contribution in [2.45, 2.75) is 37.5 Å². The predicted molar refractivity (Wildman–Crippen MR) is 78.0 cm³/mol. The van der Waals surface area contributed by atoms with E-state index in [9.17, 15) is 15.0 Å². The van der Waals surface area contributed by atoms with Gasteiger partial charge >= 0.3 is 5.97 Å². The molecule has 1 aliphatic rings. The summed E-state index contributed by atoms with van der Waals surface area (Å²) >= 11 is 0. The Kier molecular flexibility index (Phi) is 3.13. The summed E-state index contributed by atoms with van der Waals surface area (Å²) in [6.07, 6.45) is 4.09. The van der Waals surface area contributed by atoms with Gasteiger partial charge in [-0.3, -0.25) is 4.79 Å². The van der Waals surface area contributed by atoms with Crippen LogP contribution in [0.5, 0.6) is 5.75 Å². The molecule has 3 heteroatoms. The van der Waals surface area contributed by atoms with Crippen LogP contribution in [0.3, 0.4) is 0 Å². The number of carbonyl (C=O) groups is 1. The molecule has 0 atom stereocenters. The topological polar surface area (TPSA) is 57.5 Å². The Morgan fingerprint density at radius 1 is 1.00 bits per heavy atom. The normalized spacial score (nSPS) is 18.0. The highest BCUT2D eigenvalue weighted by Crippen LogP contribution is 2.44. The molecular formula is C17H18O3. The summed E-state index contributed by atoms with van der Waals surface area (Å²) in [5.74, 6) is -0.712. The lowest BCUT2D eigenvalue weighted by molar-refractivity contribution is -0.145. The van der Waals surface area contributed by atoms with Crippen LogP contribution in [0.2, 0.25) is 0 Å². The molecule has 2 aromatic carbocycles. The average molecular weight is 270 g/mol. The van der Waals surface area contributed by atoms with E-state index in [1.54, 1.807) is 6.07 Å². The minimum Gasteiger partial charge on any atom is -0.508 e. The van der Waals surface area contributed by atoms with Gasteiger partial charge in [0.1, 0.15) is 5.75 Å². The molecule has 0 radical (unpaired) electrons. The summed E-state index contributed by atoms with van der Waals surface area (Å²) in [6, 6.07) is 11.3.